The third-order valence-corrected chi connectivity index (χ3v) is 2.59. The molecule has 3 nitrogen and oxygen atoms in total. The van der Waals surface area contributed by atoms with Gasteiger partial charge in [0.15, 0.2) is 0 Å². The molecule has 0 aromatic heterocycles. The number of hydrogen-bond donors (Lipinski definition) is 1. The van der Waals surface area contributed by atoms with E-state index < -0.39 is 0 Å². The van der Waals surface area contributed by atoms with Gasteiger partial charge in [0.2, 0.25) is 0 Å². The molecule has 15 heavy (non-hydrogen) atoms. The minimum absolute atomic E-state index is 0.108. The van der Waals surface area contributed by atoms with E-state index in [4.69, 9.17) is 0 Å². The molecule has 0 unspecified atom stereocenters. The Labute approximate surface area is 98.6 Å². The minimum atomic E-state index is -0.108. The number of halogens is 1. The fourth-order valence-electron chi connectivity index (χ4n) is 1.33. The highest BCUT2D eigenvalue weighted by molar-refractivity contribution is 9.10. The molecule has 0 aliphatic carbocycles. The third kappa shape index (κ3) is 2.96. The first-order valence-corrected chi connectivity index (χ1v) is 5.46. The van der Waals surface area contributed by atoms with Crippen LogP contribution in [-0.2, 0) is 0 Å². The van der Waals surface area contributed by atoms with Crippen molar-refractivity contribution in [2.45, 2.75) is 13.8 Å². The summed E-state index contributed by atoms with van der Waals surface area (Å²) in [5.41, 5.74) is 2.99. The van der Waals surface area contributed by atoms with Gasteiger partial charge in [-0.05, 0) is 37.1 Å². The van der Waals surface area contributed by atoms with Crippen LogP contribution in [0.3, 0.4) is 0 Å². The quantitative estimate of drug-likeness (QED) is 0.836. The molecule has 0 saturated carbocycles. The number of hydrogen-bond acceptors (Lipinski definition) is 1. The van der Waals surface area contributed by atoms with Crippen molar-refractivity contribution in [1.82, 2.24) is 4.90 Å². The van der Waals surface area contributed by atoms with Crippen LogP contribution < -0.4 is 5.32 Å². The van der Waals surface area contributed by atoms with Crippen molar-refractivity contribution in [3.05, 3.63) is 27.7 Å². The molecule has 82 valence electrons. The second-order valence-corrected chi connectivity index (χ2v) is 4.65. The lowest BCUT2D eigenvalue weighted by Gasteiger charge is -2.16. The van der Waals surface area contributed by atoms with E-state index in [9.17, 15) is 4.79 Å². The molecule has 0 aliphatic heterocycles. The number of benzene rings is 1. The van der Waals surface area contributed by atoms with Crippen LogP contribution in [0.15, 0.2) is 16.6 Å². The lowest BCUT2D eigenvalue weighted by atomic mass is 10.1. The number of nitrogens with zero attached hydrogens (tertiary/aromatic N) is 1. The lowest BCUT2D eigenvalue weighted by Crippen LogP contribution is -2.28. The van der Waals surface area contributed by atoms with Crippen molar-refractivity contribution in [2.75, 3.05) is 19.4 Å². The van der Waals surface area contributed by atoms with Crippen LogP contribution in [0.1, 0.15) is 11.1 Å². The van der Waals surface area contributed by atoms with E-state index in [1.54, 1.807) is 14.1 Å². The number of carbonyl (C=O) groups is 1. The molecule has 0 saturated heterocycles. The predicted octanol–water partition coefficient (Wildman–Crippen LogP) is 3.16. The molecule has 1 rings (SSSR count). The van der Waals surface area contributed by atoms with Crippen LogP contribution in [0.2, 0.25) is 0 Å². The second kappa shape index (κ2) is 4.66. The zero-order chi connectivity index (χ0) is 11.6. The Kier molecular flexibility index (Phi) is 3.74. The minimum Gasteiger partial charge on any atom is -0.331 e. The van der Waals surface area contributed by atoms with Gasteiger partial charge in [-0.1, -0.05) is 15.9 Å². The SMILES string of the molecule is Cc1cc(Br)cc(C)c1NC(=O)N(C)C. The Bertz CT molecular complexity index is 365. The Balaban J connectivity index is 3.00. The van der Waals surface area contributed by atoms with E-state index in [0.29, 0.717) is 0 Å². The van der Waals surface area contributed by atoms with Gasteiger partial charge in [0.05, 0.1) is 0 Å². The fraction of sp³-hybridized carbons (Fsp3) is 0.364. The average molecular weight is 271 g/mol. The molecule has 0 atom stereocenters. The summed E-state index contributed by atoms with van der Waals surface area (Å²) in [6, 6.07) is 3.86. The first-order valence-electron chi connectivity index (χ1n) is 4.67. The highest BCUT2D eigenvalue weighted by atomic mass is 79.9. The molecule has 1 N–H and O–H groups in total. The molecule has 0 heterocycles. The molecule has 0 radical (unpaired) electrons. The molecular formula is C11H15BrN2O. The third-order valence-electron chi connectivity index (χ3n) is 2.14. The summed E-state index contributed by atoms with van der Waals surface area (Å²) in [5.74, 6) is 0. The normalized spacial score (nSPS) is 9.93. The van der Waals surface area contributed by atoms with Crippen LogP contribution in [-0.4, -0.2) is 25.0 Å². The van der Waals surface area contributed by atoms with Gasteiger partial charge >= 0.3 is 6.03 Å². The number of urea groups is 1. The zero-order valence-electron chi connectivity index (χ0n) is 9.39. The second-order valence-electron chi connectivity index (χ2n) is 3.74. The van der Waals surface area contributed by atoms with E-state index >= 15 is 0 Å². The zero-order valence-corrected chi connectivity index (χ0v) is 11.0. The van der Waals surface area contributed by atoms with Gasteiger partial charge in [0.1, 0.15) is 0 Å². The Morgan fingerprint density at radius 3 is 2.13 bits per heavy atom. The van der Waals surface area contributed by atoms with Crippen LogP contribution in [0, 0.1) is 13.8 Å². The van der Waals surface area contributed by atoms with Crippen molar-refractivity contribution in [2.24, 2.45) is 0 Å². The largest absolute Gasteiger partial charge is 0.331 e. The number of amides is 2. The predicted molar refractivity (Wildman–Crippen MR) is 66.3 cm³/mol. The number of carbonyl (C=O) groups excluding carboxylic acids is 1. The number of nitrogens with one attached hydrogen (secondary N) is 1. The van der Waals surface area contributed by atoms with E-state index in [0.717, 1.165) is 21.3 Å². The monoisotopic (exact) mass is 270 g/mol. The highest BCUT2D eigenvalue weighted by Gasteiger charge is 2.09. The van der Waals surface area contributed by atoms with Crippen molar-refractivity contribution in [1.29, 1.82) is 0 Å². The molecule has 2 amide bonds. The van der Waals surface area contributed by atoms with Gasteiger partial charge in [-0.2, -0.15) is 0 Å². The van der Waals surface area contributed by atoms with Crippen LogP contribution in [0.5, 0.6) is 0 Å². The maximum Gasteiger partial charge on any atom is 0.321 e. The maximum absolute atomic E-state index is 11.5. The number of aryl methyl sites for hydroxylation is 2. The molecule has 0 spiro atoms. The van der Waals surface area contributed by atoms with Crippen LogP contribution >= 0.6 is 15.9 Å². The van der Waals surface area contributed by atoms with E-state index in [2.05, 4.69) is 21.2 Å². The first-order chi connectivity index (χ1) is 6.91. The summed E-state index contributed by atoms with van der Waals surface area (Å²) in [5, 5.41) is 2.87. The average Bonchev–Trinajstić information content (AvgIpc) is 2.10. The van der Waals surface area contributed by atoms with Crippen molar-refractivity contribution < 1.29 is 4.79 Å². The van der Waals surface area contributed by atoms with Gasteiger partial charge in [-0.15, -0.1) is 0 Å². The van der Waals surface area contributed by atoms with Crippen molar-refractivity contribution >= 4 is 27.6 Å². The first kappa shape index (κ1) is 12.0. The number of rotatable bonds is 1. The van der Waals surface area contributed by atoms with Gasteiger partial charge in [0.25, 0.3) is 0 Å². The fourth-order valence-corrected chi connectivity index (χ4v) is 2.01. The summed E-state index contributed by atoms with van der Waals surface area (Å²) in [4.78, 5) is 13.0. The number of anilines is 1. The molecular weight excluding hydrogens is 256 g/mol. The smallest absolute Gasteiger partial charge is 0.321 e. The summed E-state index contributed by atoms with van der Waals surface area (Å²) in [7, 11) is 3.44. The molecule has 0 aliphatic rings. The highest BCUT2D eigenvalue weighted by Crippen LogP contribution is 2.25. The standard InChI is InChI=1S/C11H15BrN2O/c1-7-5-9(12)6-8(2)10(7)13-11(15)14(3)4/h5-6H,1-4H3,(H,13,15). The molecule has 4 heteroatoms. The maximum atomic E-state index is 11.5. The summed E-state index contributed by atoms with van der Waals surface area (Å²) >= 11 is 3.42. The Morgan fingerprint density at radius 2 is 1.73 bits per heavy atom. The molecule has 0 fully saturated rings. The Morgan fingerprint density at radius 1 is 1.27 bits per heavy atom. The van der Waals surface area contributed by atoms with E-state index in [1.165, 1.54) is 4.90 Å². The van der Waals surface area contributed by atoms with Crippen LogP contribution in [0.25, 0.3) is 0 Å². The topological polar surface area (TPSA) is 32.3 Å². The van der Waals surface area contributed by atoms with Gasteiger partial charge in [-0.25, -0.2) is 4.79 Å². The molecule has 1 aromatic rings. The Hall–Kier alpha value is -1.03. The lowest BCUT2D eigenvalue weighted by molar-refractivity contribution is 0.230. The molecule has 1 aromatic carbocycles. The van der Waals surface area contributed by atoms with Crippen LogP contribution in [0.4, 0.5) is 10.5 Å². The summed E-state index contributed by atoms with van der Waals surface area (Å²) in [6.45, 7) is 3.95. The van der Waals surface area contributed by atoms with E-state index in [1.807, 2.05) is 26.0 Å². The van der Waals surface area contributed by atoms with Crippen molar-refractivity contribution in [3.63, 3.8) is 0 Å². The van der Waals surface area contributed by atoms with Crippen molar-refractivity contribution in [3.8, 4) is 0 Å². The van der Waals surface area contributed by atoms with Gasteiger partial charge in [-0.3, -0.25) is 0 Å². The van der Waals surface area contributed by atoms with Gasteiger partial charge < -0.3 is 10.2 Å². The van der Waals surface area contributed by atoms with E-state index in [-0.39, 0.29) is 6.03 Å². The summed E-state index contributed by atoms with van der Waals surface area (Å²) < 4.78 is 1.03. The summed E-state index contributed by atoms with van der Waals surface area (Å²) in [6.07, 6.45) is 0. The van der Waals surface area contributed by atoms with Gasteiger partial charge in [0, 0.05) is 24.3 Å². The molecule has 0 bridgehead atoms.